The first-order chi connectivity index (χ1) is 15.7. The first-order valence-electron chi connectivity index (χ1n) is 11.3. The van der Waals surface area contributed by atoms with Gasteiger partial charge in [-0.3, -0.25) is 4.79 Å². The van der Waals surface area contributed by atoms with Gasteiger partial charge in [-0.1, -0.05) is 12.1 Å². The lowest BCUT2D eigenvalue weighted by atomic mass is 10.2. The van der Waals surface area contributed by atoms with Crippen LogP contribution in [0.2, 0.25) is 0 Å². The number of aromatic nitrogens is 2. The number of nitrogens with one attached hydrogen (secondary N) is 1. The smallest absolute Gasteiger partial charge is 0.249 e. The highest BCUT2D eigenvalue weighted by Gasteiger charge is 2.23. The fraction of sp³-hybridized carbons (Fsp3) is 0.440. The quantitative estimate of drug-likeness (QED) is 0.463. The van der Waals surface area contributed by atoms with Crippen LogP contribution in [0, 0.1) is 0 Å². The number of ether oxygens (including phenoxy) is 3. The van der Waals surface area contributed by atoms with E-state index in [1.807, 2.05) is 42.5 Å². The largest absolute Gasteiger partial charge is 0.497 e. The van der Waals surface area contributed by atoms with Crippen LogP contribution in [0.25, 0.3) is 11.0 Å². The van der Waals surface area contributed by atoms with Gasteiger partial charge in [0.1, 0.15) is 23.4 Å². The molecule has 1 unspecified atom stereocenters. The number of hydrogen-bond acceptors (Lipinski definition) is 5. The zero-order valence-corrected chi connectivity index (χ0v) is 18.6. The summed E-state index contributed by atoms with van der Waals surface area (Å²) in [6.07, 6.45) is 4.08. The van der Waals surface area contributed by atoms with E-state index >= 15 is 0 Å². The number of carbonyl (C=O) groups is 1. The predicted octanol–water partition coefficient (Wildman–Crippen LogP) is 3.74. The molecule has 7 nitrogen and oxygen atoms in total. The number of carbonyl (C=O) groups excluding carboxylic acids is 1. The lowest BCUT2D eigenvalue weighted by Crippen LogP contribution is -2.35. The van der Waals surface area contributed by atoms with Crippen molar-refractivity contribution in [3.8, 4) is 11.5 Å². The number of nitrogens with zero attached hydrogens (tertiary/aromatic N) is 2. The van der Waals surface area contributed by atoms with Gasteiger partial charge < -0.3 is 24.1 Å². The average Bonchev–Trinajstić information content (AvgIpc) is 3.48. The molecule has 1 amide bonds. The number of imidazole rings is 1. The van der Waals surface area contributed by atoms with E-state index in [1.54, 1.807) is 7.11 Å². The molecule has 2 heterocycles. The molecule has 0 saturated carbocycles. The molecular weight excluding hydrogens is 406 g/mol. The summed E-state index contributed by atoms with van der Waals surface area (Å²) in [5.41, 5.74) is 2.12. The van der Waals surface area contributed by atoms with E-state index in [1.165, 1.54) is 0 Å². The summed E-state index contributed by atoms with van der Waals surface area (Å²) in [6, 6.07) is 15.8. The second-order valence-electron chi connectivity index (χ2n) is 7.94. The Labute approximate surface area is 188 Å². The molecule has 3 aromatic rings. The van der Waals surface area contributed by atoms with Crippen LogP contribution in [-0.2, 0) is 22.5 Å². The van der Waals surface area contributed by atoms with Gasteiger partial charge in [-0.15, -0.1) is 0 Å². The number of rotatable bonds is 11. The fourth-order valence-electron chi connectivity index (χ4n) is 4.00. The van der Waals surface area contributed by atoms with Crippen LogP contribution in [0.4, 0.5) is 0 Å². The Morgan fingerprint density at radius 3 is 2.75 bits per heavy atom. The lowest BCUT2D eigenvalue weighted by Gasteiger charge is -2.12. The van der Waals surface area contributed by atoms with Crippen molar-refractivity contribution in [1.82, 2.24) is 14.9 Å². The van der Waals surface area contributed by atoms with Gasteiger partial charge in [-0.25, -0.2) is 4.98 Å². The predicted molar refractivity (Wildman–Crippen MR) is 123 cm³/mol. The van der Waals surface area contributed by atoms with Gasteiger partial charge >= 0.3 is 0 Å². The van der Waals surface area contributed by atoms with Gasteiger partial charge in [0.05, 0.1) is 24.8 Å². The van der Waals surface area contributed by atoms with Crippen LogP contribution in [0.5, 0.6) is 11.5 Å². The number of amides is 1. The second-order valence-corrected chi connectivity index (χ2v) is 7.94. The van der Waals surface area contributed by atoms with Crippen LogP contribution < -0.4 is 14.8 Å². The minimum atomic E-state index is -0.292. The molecule has 0 bridgehead atoms. The molecule has 0 spiro atoms. The van der Waals surface area contributed by atoms with E-state index in [4.69, 9.17) is 19.2 Å². The average molecular weight is 438 g/mol. The molecule has 1 aliphatic rings. The Morgan fingerprint density at radius 1 is 1.16 bits per heavy atom. The zero-order valence-electron chi connectivity index (χ0n) is 18.6. The maximum Gasteiger partial charge on any atom is 0.249 e. The number of aryl methyl sites for hydroxylation is 1. The van der Waals surface area contributed by atoms with Gasteiger partial charge in [-0.2, -0.15) is 0 Å². The van der Waals surface area contributed by atoms with E-state index in [0.29, 0.717) is 26.2 Å². The molecule has 1 aliphatic heterocycles. The van der Waals surface area contributed by atoms with Crippen molar-refractivity contribution >= 4 is 16.9 Å². The molecule has 1 saturated heterocycles. The fourth-order valence-corrected chi connectivity index (χ4v) is 4.00. The molecule has 1 fully saturated rings. The third kappa shape index (κ3) is 5.59. The summed E-state index contributed by atoms with van der Waals surface area (Å²) in [4.78, 5) is 17.0. The molecule has 0 aliphatic carbocycles. The summed E-state index contributed by atoms with van der Waals surface area (Å²) in [5, 5.41) is 3.00. The molecule has 32 heavy (non-hydrogen) atoms. The Hall–Kier alpha value is -3.06. The molecule has 7 heteroatoms. The van der Waals surface area contributed by atoms with Gasteiger partial charge in [0.15, 0.2) is 0 Å². The van der Waals surface area contributed by atoms with Crippen LogP contribution in [0.1, 0.15) is 31.5 Å². The SMILES string of the molecule is COc1ccc(OCCCCn2c(CCNC(=O)C3CCCO3)nc3ccccc32)cc1. The van der Waals surface area contributed by atoms with Crippen molar-refractivity contribution < 1.29 is 19.0 Å². The number of para-hydroxylation sites is 2. The topological polar surface area (TPSA) is 74.6 Å². The summed E-state index contributed by atoms with van der Waals surface area (Å²) < 4.78 is 18.7. The standard InChI is InChI=1S/C25H31N3O4/c1-30-19-10-12-20(13-11-19)31-17-5-4-16-28-22-8-3-2-7-21(22)27-24(28)14-15-26-25(29)23-9-6-18-32-23/h2-3,7-8,10-13,23H,4-6,9,14-18H2,1H3,(H,26,29). The van der Waals surface area contributed by atoms with Crippen molar-refractivity contribution in [2.45, 2.75) is 44.8 Å². The van der Waals surface area contributed by atoms with Gasteiger partial charge in [0, 0.05) is 26.1 Å². The van der Waals surface area contributed by atoms with Gasteiger partial charge in [0.25, 0.3) is 0 Å². The molecule has 170 valence electrons. The molecular formula is C25H31N3O4. The molecule has 2 aromatic carbocycles. The van der Waals surface area contributed by atoms with Crippen molar-refractivity contribution in [1.29, 1.82) is 0 Å². The molecule has 1 atom stereocenters. The van der Waals surface area contributed by atoms with Crippen LogP contribution in [-0.4, -0.2) is 48.4 Å². The maximum absolute atomic E-state index is 12.2. The minimum absolute atomic E-state index is 0.0131. The maximum atomic E-state index is 12.2. The van der Waals surface area contributed by atoms with E-state index in [9.17, 15) is 4.79 Å². The van der Waals surface area contributed by atoms with E-state index in [2.05, 4.69) is 16.0 Å². The number of fused-ring (bicyclic) bond motifs is 1. The summed E-state index contributed by atoms with van der Waals surface area (Å²) >= 11 is 0. The highest BCUT2D eigenvalue weighted by atomic mass is 16.5. The number of methoxy groups -OCH3 is 1. The van der Waals surface area contributed by atoms with Gasteiger partial charge in [0.2, 0.25) is 5.91 Å². The summed E-state index contributed by atoms with van der Waals surface area (Å²) in [7, 11) is 1.65. The Morgan fingerprint density at radius 2 is 1.97 bits per heavy atom. The minimum Gasteiger partial charge on any atom is -0.497 e. The monoisotopic (exact) mass is 437 g/mol. The van der Waals surface area contributed by atoms with Crippen LogP contribution in [0.3, 0.4) is 0 Å². The molecule has 0 radical (unpaired) electrons. The number of benzene rings is 2. The highest BCUT2D eigenvalue weighted by molar-refractivity contribution is 5.81. The lowest BCUT2D eigenvalue weighted by molar-refractivity contribution is -0.130. The summed E-state index contributed by atoms with van der Waals surface area (Å²) in [6.45, 7) is 2.76. The Bertz CT molecular complexity index is 1010. The van der Waals surface area contributed by atoms with Crippen LogP contribution >= 0.6 is 0 Å². The van der Waals surface area contributed by atoms with Gasteiger partial charge in [-0.05, 0) is 62.1 Å². The zero-order chi connectivity index (χ0) is 22.2. The Kier molecular flexibility index (Phi) is 7.61. The van der Waals surface area contributed by atoms with Crippen molar-refractivity contribution in [3.05, 3.63) is 54.4 Å². The third-order valence-electron chi connectivity index (χ3n) is 5.71. The van der Waals surface area contributed by atoms with Crippen molar-refractivity contribution in [2.75, 3.05) is 26.9 Å². The molecule has 1 aromatic heterocycles. The second kappa shape index (κ2) is 11.0. The van der Waals surface area contributed by atoms with E-state index < -0.39 is 0 Å². The normalized spacial score (nSPS) is 15.7. The van der Waals surface area contributed by atoms with E-state index in [-0.39, 0.29) is 12.0 Å². The first-order valence-corrected chi connectivity index (χ1v) is 11.3. The molecule has 1 N–H and O–H groups in total. The van der Waals surface area contributed by atoms with Crippen molar-refractivity contribution in [3.63, 3.8) is 0 Å². The highest BCUT2D eigenvalue weighted by Crippen LogP contribution is 2.19. The Balaban J connectivity index is 1.29. The third-order valence-corrected chi connectivity index (χ3v) is 5.71. The van der Waals surface area contributed by atoms with Crippen molar-refractivity contribution in [2.24, 2.45) is 0 Å². The first kappa shape index (κ1) is 22.1. The van der Waals surface area contributed by atoms with Crippen LogP contribution in [0.15, 0.2) is 48.5 Å². The molecule has 4 rings (SSSR count). The van der Waals surface area contributed by atoms with E-state index in [0.717, 1.165) is 60.6 Å². The number of hydrogen-bond donors (Lipinski definition) is 1. The summed E-state index contributed by atoms with van der Waals surface area (Å²) in [5.74, 6) is 2.65. The number of unbranched alkanes of at least 4 members (excludes halogenated alkanes) is 1.